The van der Waals surface area contributed by atoms with Crippen LogP contribution in [0.4, 0.5) is 19.0 Å². The molecule has 3 aromatic rings. The maximum Gasteiger partial charge on any atom is 0.433 e. The zero-order valence-electron chi connectivity index (χ0n) is 12.4. The first kappa shape index (κ1) is 17.6. The van der Waals surface area contributed by atoms with Crippen LogP contribution in [0.25, 0.3) is 11.3 Å². The molecule has 0 aliphatic heterocycles. The van der Waals surface area contributed by atoms with E-state index in [0.29, 0.717) is 22.7 Å². The predicted octanol–water partition coefficient (Wildman–Crippen LogP) is 4.68. The number of nitrogens with zero attached hydrogens (tertiary/aromatic N) is 3. The van der Waals surface area contributed by atoms with Gasteiger partial charge in [-0.2, -0.15) is 13.2 Å². The predicted molar refractivity (Wildman–Crippen MR) is 88.0 cm³/mol. The third-order valence-electron chi connectivity index (χ3n) is 3.00. The Morgan fingerprint density at radius 2 is 2.00 bits per heavy atom. The van der Waals surface area contributed by atoms with Gasteiger partial charge in [0.05, 0.1) is 11.9 Å². The molecule has 0 unspecified atom stereocenters. The Kier molecular flexibility index (Phi) is 4.87. The maximum absolute atomic E-state index is 12.7. The van der Waals surface area contributed by atoms with Gasteiger partial charge in [0, 0.05) is 16.7 Å². The highest BCUT2D eigenvalue weighted by molar-refractivity contribution is 7.98. The molecule has 0 spiro atoms. The standard InChI is InChI=1S/C15H10ClF3N4OS/c16-9-3-1-2-8(4-9)10-6-21-13(24-10)7-25-14-22-11(15(17,18)19)5-12(20)23-14/h1-6H,7H2,(H2,20,22,23). The lowest BCUT2D eigenvalue weighted by atomic mass is 10.2. The Balaban J connectivity index is 1.74. The SMILES string of the molecule is Nc1cc(C(F)(F)F)nc(SCc2ncc(-c3cccc(Cl)c3)o2)n1. The average molecular weight is 387 g/mol. The van der Waals surface area contributed by atoms with Crippen LogP contribution < -0.4 is 5.73 Å². The molecular weight excluding hydrogens is 377 g/mol. The lowest BCUT2D eigenvalue weighted by molar-refractivity contribution is -0.141. The van der Waals surface area contributed by atoms with Crippen LogP contribution >= 0.6 is 23.4 Å². The molecule has 0 aliphatic rings. The van der Waals surface area contributed by atoms with Crippen molar-refractivity contribution in [3.05, 3.63) is 53.1 Å². The molecule has 3 rings (SSSR count). The summed E-state index contributed by atoms with van der Waals surface area (Å²) in [6, 6.07) is 7.71. The Morgan fingerprint density at radius 1 is 1.20 bits per heavy atom. The molecule has 0 saturated carbocycles. The van der Waals surface area contributed by atoms with Crippen molar-refractivity contribution in [3.8, 4) is 11.3 Å². The molecule has 0 aliphatic carbocycles. The van der Waals surface area contributed by atoms with Gasteiger partial charge < -0.3 is 10.2 Å². The minimum atomic E-state index is -4.59. The molecule has 2 N–H and O–H groups in total. The molecular formula is C15H10ClF3N4OS. The Labute approximate surface area is 149 Å². The maximum atomic E-state index is 12.7. The van der Waals surface area contributed by atoms with Gasteiger partial charge in [0.1, 0.15) is 5.82 Å². The summed E-state index contributed by atoms with van der Waals surface area (Å²) in [5.41, 5.74) is 5.06. The van der Waals surface area contributed by atoms with E-state index in [2.05, 4.69) is 15.0 Å². The van der Waals surface area contributed by atoms with Crippen molar-refractivity contribution in [1.82, 2.24) is 15.0 Å². The largest absolute Gasteiger partial charge is 0.440 e. The quantitative estimate of drug-likeness (QED) is 0.518. The van der Waals surface area contributed by atoms with Gasteiger partial charge in [-0.15, -0.1) is 0 Å². The highest BCUT2D eigenvalue weighted by Crippen LogP contribution is 2.31. The summed E-state index contributed by atoms with van der Waals surface area (Å²) in [4.78, 5) is 11.3. The Hall–Kier alpha value is -2.26. The molecule has 10 heteroatoms. The fourth-order valence-corrected chi connectivity index (χ4v) is 2.84. The smallest absolute Gasteiger partial charge is 0.433 e. The number of halogens is 4. The summed E-state index contributed by atoms with van der Waals surface area (Å²) in [6.07, 6.45) is -3.07. The monoisotopic (exact) mass is 386 g/mol. The highest BCUT2D eigenvalue weighted by Gasteiger charge is 2.33. The van der Waals surface area contributed by atoms with Crippen molar-refractivity contribution in [2.45, 2.75) is 17.1 Å². The van der Waals surface area contributed by atoms with E-state index in [-0.39, 0.29) is 16.7 Å². The number of hydrogen-bond donors (Lipinski definition) is 1. The summed E-state index contributed by atoms with van der Waals surface area (Å²) in [5.74, 6) is 0.723. The molecule has 0 fully saturated rings. The van der Waals surface area contributed by atoms with Crippen LogP contribution in [0, 0.1) is 0 Å². The summed E-state index contributed by atoms with van der Waals surface area (Å²) >= 11 is 6.87. The van der Waals surface area contributed by atoms with Crippen molar-refractivity contribution in [3.63, 3.8) is 0 Å². The lowest BCUT2D eigenvalue weighted by Gasteiger charge is -2.07. The number of aromatic nitrogens is 3. The van der Waals surface area contributed by atoms with Crippen LogP contribution in [0.2, 0.25) is 5.02 Å². The number of oxazole rings is 1. The minimum Gasteiger partial charge on any atom is -0.440 e. The van der Waals surface area contributed by atoms with Crippen LogP contribution in [-0.4, -0.2) is 15.0 Å². The van der Waals surface area contributed by atoms with Crippen LogP contribution in [0.15, 0.2) is 46.1 Å². The van der Waals surface area contributed by atoms with Crippen molar-refractivity contribution in [2.75, 3.05) is 5.73 Å². The number of rotatable bonds is 4. The molecule has 2 heterocycles. The van der Waals surface area contributed by atoms with Gasteiger partial charge in [-0.25, -0.2) is 15.0 Å². The van der Waals surface area contributed by atoms with E-state index in [1.807, 2.05) is 0 Å². The van der Waals surface area contributed by atoms with Gasteiger partial charge in [-0.3, -0.25) is 0 Å². The van der Waals surface area contributed by atoms with E-state index in [4.69, 9.17) is 21.8 Å². The van der Waals surface area contributed by atoms with Gasteiger partial charge in [0.2, 0.25) is 5.89 Å². The van der Waals surface area contributed by atoms with Gasteiger partial charge in [0.25, 0.3) is 0 Å². The number of alkyl halides is 3. The van der Waals surface area contributed by atoms with Crippen LogP contribution in [0.3, 0.4) is 0 Å². The fraction of sp³-hybridized carbons (Fsp3) is 0.133. The van der Waals surface area contributed by atoms with E-state index in [1.54, 1.807) is 24.3 Å². The van der Waals surface area contributed by atoms with Crippen molar-refractivity contribution < 1.29 is 17.6 Å². The highest BCUT2D eigenvalue weighted by atomic mass is 35.5. The van der Waals surface area contributed by atoms with E-state index in [1.165, 1.54) is 6.20 Å². The first-order valence-corrected chi connectivity index (χ1v) is 8.23. The number of hydrogen-bond acceptors (Lipinski definition) is 6. The van der Waals surface area contributed by atoms with Crippen molar-refractivity contribution >= 4 is 29.2 Å². The molecule has 5 nitrogen and oxygen atoms in total. The van der Waals surface area contributed by atoms with E-state index in [9.17, 15) is 13.2 Å². The second-order valence-corrected chi connectivity index (χ2v) is 6.25. The molecule has 0 atom stereocenters. The molecule has 130 valence electrons. The van der Waals surface area contributed by atoms with Gasteiger partial charge in [-0.05, 0) is 12.1 Å². The minimum absolute atomic E-state index is 0.102. The summed E-state index contributed by atoms with van der Waals surface area (Å²) < 4.78 is 43.8. The summed E-state index contributed by atoms with van der Waals surface area (Å²) in [6.45, 7) is 0. The van der Waals surface area contributed by atoms with E-state index < -0.39 is 11.9 Å². The van der Waals surface area contributed by atoms with Crippen LogP contribution in [0.1, 0.15) is 11.6 Å². The normalized spacial score (nSPS) is 11.7. The molecule has 1 aromatic carbocycles. The molecule has 0 saturated heterocycles. The lowest BCUT2D eigenvalue weighted by Crippen LogP contribution is -2.10. The first-order valence-electron chi connectivity index (χ1n) is 6.86. The molecule has 0 amide bonds. The fourth-order valence-electron chi connectivity index (χ4n) is 1.93. The molecule has 25 heavy (non-hydrogen) atoms. The van der Waals surface area contributed by atoms with E-state index >= 15 is 0 Å². The zero-order chi connectivity index (χ0) is 18.0. The van der Waals surface area contributed by atoms with Crippen LogP contribution in [0.5, 0.6) is 0 Å². The average Bonchev–Trinajstić information content (AvgIpc) is 3.01. The van der Waals surface area contributed by atoms with Gasteiger partial charge in [0.15, 0.2) is 16.6 Å². The van der Waals surface area contributed by atoms with Crippen molar-refractivity contribution in [2.24, 2.45) is 0 Å². The van der Waals surface area contributed by atoms with Crippen molar-refractivity contribution in [1.29, 1.82) is 0 Å². The number of benzene rings is 1. The van der Waals surface area contributed by atoms with Gasteiger partial charge in [-0.1, -0.05) is 35.5 Å². The molecule has 0 radical (unpaired) electrons. The second-order valence-electron chi connectivity index (χ2n) is 4.88. The van der Waals surface area contributed by atoms with Crippen LogP contribution in [-0.2, 0) is 11.9 Å². The van der Waals surface area contributed by atoms with E-state index in [0.717, 1.165) is 17.3 Å². The number of anilines is 1. The first-order chi connectivity index (χ1) is 11.8. The zero-order valence-corrected chi connectivity index (χ0v) is 14.0. The second kappa shape index (κ2) is 6.93. The molecule has 0 bridgehead atoms. The number of thioether (sulfide) groups is 1. The Morgan fingerprint density at radius 3 is 2.72 bits per heavy atom. The van der Waals surface area contributed by atoms with Gasteiger partial charge >= 0.3 is 6.18 Å². The molecule has 2 aromatic heterocycles. The topological polar surface area (TPSA) is 77.8 Å². The number of nitrogen functional groups attached to an aromatic ring is 1. The Bertz CT molecular complexity index is 900. The summed E-state index contributed by atoms with van der Waals surface area (Å²) in [7, 11) is 0. The summed E-state index contributed by atoms with van der Waals surface area (Å²) in [5, 5.41) is 0.451. The number of nitrogens with two attached hydrogens (primary N) is 1. The third kappa shape index (κ3) is 4.43. The third-order valence-corrected chi connectivity index (χ3v) is 4.07.